The average molecular weight is 348 g/mol. The van der Waals surface area contributed by atoms with E-state index in [-0.39, 0.29) is 5.91 Å². The molecule has 1 amide bonds. The molecule has 0 saturated carbocycles. The van der Waals surface area contributed by atoms with Crippen LogP contribution in [-0.2, 0) is 17.8 Å². The molecule has 0 atom stereocenters. The third-order valence-electron chi connectivity index (χ3n) is 5.28. The number of aromatic amines is 1. The quantitative estimate of drug-likeness (QED) is 0.745. The number of aromatic nitrogens is 2. The number of aryl methyl sites for hydroxylation is 1. The monoisotopic (exact) mass is 348 g/mol. The molecule has 0 aliphatic carbocycles. The summed E-state index contributed by atoms with van der Waals surface area (Å²) in [5.74, 6) is 0.251. The summed E-state index contributed by atoms with van der Waals surface area (Å²) in [5, 5.41) is 1.22. The van der Waals surface area contributed by atoms with E-state index in [2.05, 4.69) is 40.1 Å². The Balaban J connectivity index is 1.25. The maximum absolute atomic E-state index is 12.5. The molecule has 5 heteroatoms. The molecule has 0 radical (unpaired) electrons. The Bertz CT molecular complexity index is 883. The molecule has 0 unspecified atom stereocenters. The molecular formula is C21H24N4O. The first-order chi connectivity index (χ1) is 12.7. The van der Waals surface area contributed by atoms with Crippen LogP contribution in [0.15, 0.2) is 55.0 Å². The lowest BCUT2D eigenvalue weighted by Gasteiger charge is -2.44. The van der Waals surface area contributed by atoms with Gasteiger partial charge in [-0.1, -0.05) is 24.3 Å². The van der Waals surface area contributed by atoms with Crippen molar-refractivity contribution in [1.29, 1.82) is 0 Å². The van der Waals surface area contributed by atoms with E-state index >= 15 is 0 Å². The maximum atomic E-state index is 12.5. The molecule has 1 aromatic carbocycles. The van der Waals surface area contributed by atoms with E-state index < -0.39 is 0 Å². The molecule has 0 spiro atoms. The molecule has 3 heterocycles. The molecule has 134 valence electrons. The summed E-state index contributed by atoms with van der Waals surface area (Å²) in [7, 11) is 2.12. The summed E-state index contributed by atoms with van der Waals surface area (Å²) < 4.78 is 0. The average Bonchev–Trinajstić information content (AvgIpc) is 3.03. The zero-order valence-corrected chi connectivity index (χ0v) is 15.1. The lowest BCUT2D eigenvalue weighted by molar-refractivity contribution is -0.138. The summed E-state index contributed by atoms with van der Waals surface area (Å²) >= 11 is 0. The van der Waals surface area contributed by atoms with Crippen molar-refractivity contribution in [3.8, 4) is 0 Å². The number of likely N-dealkylation sites (N-methyl/N-ethyl adjacent to an activating group) is 1. The fraction of sp³-hybridized carbons (Fsp3) is 0.333. The minimum Gasteiger partial charge on any atom is -0.361 e. The zero-order chi connectivity index (χ0) is 17.9. The number of likely N-dealkylation sites (tertiary alicyclic amines) is 1. The Morgan fingerprint density at radius 1 is 1.27 bits per heavy atom. The topological polar surface area (TPSA) is 52.2 Å². The van der Waals surface area contributed by atoms with Crippen LogP contribution in [0.25, 0.3) is 10.9 Å². The number of carbonyl (C=O) groups is 1. The van der Waals surface area contributed by atoms with Crippen molar-refractivity contribution in [1.82, 2.24) is 19.8 Å². The number of rotatable bonds is 6. The van der Waals surface area contributed by atoms with Crippen molar-refractivity contribution >= 4 is 16.8 Å². The number of fused-ring (bicyclic) bond motifs is 1. The number of para-hydroxylation sites is 1. The Labute approximate surface area is 153 Å². The maximum Gasteiger partial charge on any atom is 0.223 e. The first-order valence-electron chi connectivity index (χ1n) is 9.12. The fourth-order valence-electron chi connectivity index (χ4n) is 3.58. The van der Waals surface area contributed by atoms with Crippen molar-refractivity contribution in [2.75, 3.05) is 20.1 Å². The highest BCUT2D eigenvalue weighted by molar-refractivity contribution is 5.84. The Hall–Kier alpha value is -2.66. The van der Waals surface area contributed by atoms with Crippen molar-refractivity contribution in [2.24, 2.45) is 0 Å². The van der Waals surface area contributed by atoms with Gasteiger partial charge in [-0.05, 0) is 36.7 Å². The second-order valence-electron chi connectivity index (χ2n) is 7.09. The molecule has 1 fully saturated rings. The van der Waals surface area contributed by atoms with Gasteiger partial charge >= 0.3 is 0 Å². The lowest BCUT2D eigenvalue weighted by Crippen LogP contribution is -2.59. The van der Waals surface area contributed by atoms with E-state index in [4.69, 9.17) is 0 Å². The van der Waals surface area contributed by atoms with Gasteiger partial charge in [-0.3, -0.25) is 14.7 Å². The van der Waals surface area contributed by atoms with Crippen LogP contribution in [0.1, 0.15) is 17.5 Å². The van der Waals surface area contributed by atoms with E-state index in [1.54, 1.807) is 6.20 Å². The number of amides is 1. The molecule has 4 rings (SSSR count). The molecule has 2 aromatic heterocycles. The second-order valence-corrected chi connectivity index (χ2v) is 7.09. The number of H-pyrrole nitrogens is 1. The van der Waals surface area contributed by atoms with Crippen molar-refractivity contribution < 1.29 is 4.79 Å². The Morgan fingerprint density at radius 3 is 2.92 bits per heavy atom. The van der Waals surface area contributed by atoms with Gasteiger partial charge in [0.05, 0.1) is 0 Å². The lowest BCUT2D eigenvalue weighted by atomic mass is 10.0. The molecular weight excluding hydrogens is 324 g/mol. The largest absolute Gasteiger partial charge is 0.361 e. The van der Waals surface area contributed by atoms with E-state index in [0.717, 1.165) is 31.6 Å². The minimum atomic E-state index is 0.251. The van der Waals surface area contributed by atoms with Crippen molar-refractivity contribution in [2.45, 2.75) is 25.4 Å². The predicted molar refractivity (Wildman–Crippen MR) is 103 cm³/mol. The van der Waals surface area contributed by atoms with Gasteiger partial charge in [-0.25, -0.2) is 0 Å². The molecule has 26 heavy (non-hydrogen) atoms. The van der Waals surface area contributed by atoms with Gasteiger partial charge < -0.3 is 9.88 Å². The Kier molecular flexibility index (Phi) is 4.71. The number of nitrogens with one attached hydrogen (secondary N) is 1. The molecule has 1 saturated heterocycles. The molecule has 1 aliphatic heterocycles. The van der Waals surface area contributed by atoms with Crippen LogP contribution in [0.3, 0.4) is 0 Å². The SMILES string of the molecule is CN(Cc1cccnc1)C1CN(C(=O)CCc2c[nH]c3ccccc23)C1. The van der Waals surface area contributed by atoms with Crippen LogP contribution in [0.4, 0.5) is 0 Å². The van der Waals surface area contributed by atoms with Gasteiger partial charge in [-0.2, -0.15) is 0 Å². The number of hydrogen-bond acceptors (Lipinski definition) is 3. The third-order valence-corrected chi connectivity index (χ3v) is 5.28. The molecule has 1 aliphatic rings. The smallest absolute Gasteiger partial charge is 0.223 e. The number of hydrogen-bond donors (Lipinski definition) is 1. The summed E-state index contributed by atoms with van der Waals surface area (Å²) in [6, 6.07) is 12.7. The molecule has 5 nitrogen and oxygen atoms in total. The van der Waals surface area contributed by atoms with Crippen LogP contribution in [0, 0.1) is 0 Å². The highest BCUT2D eigenvalue weighted by atomic mass is 16.2. The van der Waals surface area contributed by atoms with Crippen LogP contribution < -0.4 is 0 Å². The third kappa shape index (κ3) is 3.48. The van der Waals surface area contributed by atoms with E-state index in [1.165, 1.54) is 16.5 Å². The summed E-state index contributed by atoms with van der Waals surface area (Å²) in [5.41, 5.74) is 3.56. The standard InChI is InChI=1S/C21H24N4O/c1-24(13-16-5-4-10-22-11-16)18-14-25(15-18)21(26)9-8-17-12-23-20-7-3-2-6-19(17)20/h2-7,10-12,18,23H,8-9,13-15H2,1H3. The van der Waals surface area contributed by atoms with Crippen molar-refractivity contribution in [3.05, 3.63) is 66.1 Å². The van der Waals surface area contributed by atoms with Crippen molar-refractivity contribution in [3.63, 3.8) is 0 Å². The number of benzene rings is 1. The van der Waals surface area contributed by atoms with Gasteiger partial charge in [0.2, 0.25) is 5.91 Å². The van der Waals surface area contributed by atoms with Crippen LogP contribution in [0.2, 0.25) is 0 Å². The van der Waals surface area contributed by atoms with E-state index in [0.29, 0.717) is 12.5 Å². The van der Waals surface area contributed by atoms with Crippen LogP contribution in [-0.4, -0.2) is 51.9 Å². The summed E-state index contributed by atoms with van der Waals surface area (Å²) in [4.78, 5) is 24.2. The highest BCUT2D eigenvalue weighted by Gasteiger charge is 2.32. The number of nitrogens with zero attached hydrogens (tertiary/aromatic N) is 3. The van der Waals surface area contributed by atoms with Crippen LogP contribution >= 0.6 is 0 Å². The normalized spacial score (nSPS) is 14.8. The number of carbonyl (C=O) groups excluding carboxylic acids is 1. The molecule has 0 bridgehead atoms. The van der Waals surface area contributed by atoms with Gasteiger partial charge in [0.1, 0.15) is 0 Å². The summed E-state index contributed by atoms with van der Waals surface area (Å²) in [6.07, 6.45) is 7.08. The van der Waals surface area contributed by atoms with Gasteiger partial charge in [-0.15, -0.1) is 0 Å². The van der Waals surface area contributed by atoms with Gasteiger partial charge in [0, 0.05) is 61.6 Å². The highest BCUT2D eigenvalue weighted by Crippen LogP contribution is 2.21. The zero-order valence-electron chi connectivity index (χ0n) is 15.1. The predicted octanol–water partition coefficient (Wildman–Crippen LogP) is 2.84. The number of pyridine rings is 1. The second kappa shape index (κ2) is 7.30. The van der Waals surface area contributed by atoms with Gasteiger partial charge in [0.25, 0.3) is 0 Å². The minimum absolute atomic E-state index is 0.251. The van der Waals surface area contributed by atoms with E-state index in [9.17, 15) is 4.79 Å². The molecule has 1 N–H and O–H groups in total. The van der Waals surface area contributed by atoms with Gasteiger partial charge in [0.15, 0.2) is 0 Å². The summed E-state index contributed by atoms with van der Waals surface area (Å²) in [6.45, 7) is 2.52. The van der Waals surface area contributed by atoms with Crippen LogP contribution in [0.5, 0.6) is 0 Å². The fourth-order valence-corrected chi connectivity index (χ4v) is 3.58. The van der Waals surface area contributed by atoms with E-state index in [1.807, 2.05) is 35.5 Å². The Morgan fingerprint density at radius 2 is 2.12 bits per heavy atom. The first-order valence-corrected chi connectivity index (χ1v) is 9.12. The first kappa shape index (κ1) is 16.8. The molecule has 3 aromatic rings.